The minimum atomic E-state index is -0.0142. The number of hydrogen-bond acceptors (Lipinski definition) is 4. The Morgan fingerprint density at radius 3 is 2.83 bits per heavy atom. The Morgan fingerprint density at radius 1 is 1.22 bits per heavy atom. The summed E-state index contributed by atoms with van der Waals surface area (Å²) in [6, 6.07) is 13.4. The number of rotatable bonds is 6. The van der Waals surface area contributed by atoms with Crippen molar-refractivity contribution in [2.24, 2.45) is 7.05 Å². The lowest BCUT2D eigenvalue weighted by Crippen LogP contribution is -2.17. The van der Waals surface area contributed by atoms with Gasteiger partial charge in [0.15, 0.2) is 0 Å². The summed E-state index contributed by atoms with van der Waals surface area (Å²) < 4.78 is 7.97. The van der Waals surface area contributed by atoms with Crippen molar-refractivity contribution in [3.05, 3.63) is 63.1 Å². The molecule has 3 rings (SSSR count). The Balaban J connectivity index is 1.98. The van der Waals surface area contributed by atoms with E-state index in [1.54, 1.807) is 29.0 Å². The summed E-state index contributed by atoms with van der Waals surface area (Å²) >= 11 is 1.70. The third-order valence-corrected chi connectivity index (χ3v) is 4.88. The molecule has 0 spiro atoms. The molecule has 5 heteroatoms. The van der Waals surface area contributed by atoms with Crippen molar-refractivity contribution in [1.29, 1.82) is 0 Å². The first-order valence-corrected chi connectivity index (χ1v) is 8.52. The fourth-order valence-electron chi connectivity index (χ4n) is 2.64. The van der Waals surface area contributed by atoms with Gasteiger partial charge in [-0.05, 0) is 43.2 Å². The van der Waals surface area contributed by atoms with Crippen molar-refractivity contribution in [2.45, 2.75) is 12.5 Å². The van der Waals surface area contributed by atoms with Gasteiger partial charge >= 0.3 is 0 Å². The highest BCUT2D eigenvalue weighted by Gasteiger charge is 2.16. The molecular formula is C18H20N2O2S. The lowest BCUT2D eigenvalue weighted by atomic mass is 10.1. The Hall–Kier alpha value is -2.11. The molecule has 4 nitrogen and oxygen atoms in total. The highest BCUT2D eigenvalue weighted by atomic mass is 32.1. The van der Waals surface area contributed by atoms with Crippen LogP contribution in [0.3, 0.4) is 0 Å². The molecule has 120 valence electrons. The number of pyridine rings is 1. The van der Waals surface area contributed by atoms with Crippen LogP contribution in [0.4, 0.5) is 0 Å². The minimum absolute atomic E-state index is 0.00489. The number of hydrogen-bond donors (Lipinski definition) is 1. The zero-order valence-electron chi connectivity index (χ0n) is 13.3. The molecule has 0 saturated heterocycles. The summed E-state index contributed by atoms with van der Waals surface area (Å²) in [6.45, 7) is 0.881. The molecular weight excluding hydrogens is 308 g/mol. The maximum absolute atomic E-state index is 11.8. The topological polar surface area (TPSA) is 43.3 Å². The van der Waals surface area contributed by atoms with Gasteiger partial charge in [-0.1, -0.05) is 12.1 Å². The van der Waals surface area contributed by atoms with Crippen LogP contribution in [0.2, 0.25) is 0 Å². The SMILES string of the molecule is CNCC[C@@H](Oc1cccc2c1ccc(=O)n2C)c1cccs1. The quantitative estimate of drug-likeness (QED) is 0.755. The molecule has 0 aliphatic carbocycles. The Bertz CT molecular complexity index is 840. The van der Waals surface area contributed by atoms with Crippen LogP contribution in [0.25, 0.3) is 10.9 Å². The molecule has 0 fully saturated rings. The number of fused-ring (bicyclic) bond motifs is 1. The number of nitrogens with one attached hydrogen (secondary N) is 1. The van der Waals surface area contributed by atoms with Crippen molar-refractivity contribution in [1.82, 2.24) is 9.88 Å². The second kappa shape index (κ2) is 6.98. The molecule has 23 heavy (non-hydrogen) atoms. The maximum Gasteiger partial charge on any atom is 0.250 e. The van der Waals surface area contributed by atoms with Crippen LogP contribution in [0.5, 0.6) is 5.75 Å². The van der Waals surface area contributed by atoms with Gasteiger partial charge in [0, 0.05) is 29.8 Å². The Morgan fingerprint density at radius 2 is 2.09 bits per heavy atom. The largest absolute Gasteiger partial charge is 0.484 e. The number of nitrogens with zero attached hydrogens (tertiary/aromatic N) is 1. The maximum atomic E-state index is 11.8. The first-order chi connectivity index (χ1) is 11.2. The number of benzene rings is 1. The fourth-order valence-corrected chi connectivity index (χ4v) is 3.43. The molecule has 0 saturated carbocycles. The number of ether oxygens (including phenoxy) is 1. The monoisotopic (exact) mass is 328 g/mol. The first-order valence-electron chi connectivity index (χ1n) is 7.64. The second-order valence-corrected chi connectivity index (χ2v) is 6.41. The normalized spacial score (nSPS) is 12.4. The van der Waals surface area contributed by atoms with E-state index < -0.39 is 0 Å². The molecule has 1 atom stereocenters. The standard InChI is InChI=1S/C18H20N2O2S/c1-19-11-10-16(17-7-4-12-23-17)22-15-6-3-5-14-13(15)8-9-18(21)20(14)2/h3-9,12,16,19H,10-11H2,1-2H3/t16-/m1/s1. The van der Waals surface area contributed by atoms with Crippen LogP contribution in [-0.2, 0) is 7.05 Å². The number of aromatic nitrogens is 1. The summed E-state index contributed by atoms with van der Waals surface area (Å²) in [5, 5.41) is 6.21. The lowest BCUT2D eigenvalue weighted by molar-refractivity contribution is 0.201. The smallest absolute Gasteiger partial charge is 0.250 e. The van der Waals surface area contributed by atoms with Crippen LogP contribution < -0.4 is 15.6 Å². The van der Waals surface area contributed by atoms with E-state index in [0.29, 0.717) is 0 Å². The van der Waals surface area contributed by atoms with Gasteiger partial charge in [0.2, 0.25) is 0 Å². The van der Waals surface area contributed by atoms with Gasteiger partial charge in [0.25, 0.3) is 5.56 Å². The predicted molar refractivity (Wildman–Crippen MR) is 95.4 cm³/mol. The average molecular weight is 328 g/mol. The molecule has 0 radical (unpaired) electrons. The zero-order chi connectivity index (χ0) is 16.2. The predicted octanol–water partition coefficient (Wildman–Crippen LogP) is 3.33. The van der Waals surface area contributed by atoms with Gasteiger partial charge in [-0.2, -0.15) is 0 Å². The van der Waals surface area contributed by atoms with E-state index in [-0.39, 0.29) is 11.7 Å². The first kappa shape index (κ1) is 15.8. The highest BCUT2D eigenvalue weighted by Crippen LogP contribution is 2.32. The van der Waals surface area contributed by atoms with Gasteiger partial charge < -0.3 is 14.6 Å². The second-order valence-electron chi connectivity index (χ2n) is 5.43. The van der Waals surface area contributed by atoms with E-state index in [1.807, 2.05) is 37.4 Å². The van der Waals surface area contributed by atoms with Crippen LogP contribution in [0, 0.1) is 0 Å². The van der Waals surface area contributed by atoms with E-state index in [4.69, 9.17) is 4.74 Å². The lowest BCUT2D eigenvalue weighted by Gasteiger charge is -2.19. The van der Waals surface area contributed by atoms with Gasteiger partial charge in [-0.3, -0.25) is 4.79 Å². The van der Waals surface area contributed by atoms with Crippen molar-refractivity contribution in [3.8, 4) is 5.75 Å². The Kier molecular flexibility index (Phi) is 4.79. The zero-order valence-corrected chi connectivity index (χ0v) is 14.1. The van der Waals surface area contributed by atoms with E-state index in [2.05, 4.69) is 16.8 Å². The molecule has 0 bridgehead atoms. The highest BCUT2D eigenvalue weighted by molar-refractivity contribution is 7.10. The average Bonchev–Trinajstić information content (AvgIpc) is 3.09. The van der Waals surface area contributed by atoms with Gasteiger partial charge in [-0.25, -0.2) is 0 Å². The molecule has 2 heterocycles. The van der Waals surface area contributed by atoms with E-state index in [1.165, 1.54) is 4.88 Å². The van der Waals surface area contributed by atoms with Gasteiger partial charge in [0.1, 0.15) is 11.9 Å². The molecule has 0 amide bonds. The van der Waals surface area contributed by atoms with Crippen molar-refractivity contribution < 1.29 is 4.74 Å². The number of thiophene rings is 1. The van der Waals surface area contributed by atoms with Crippen LogP contribution in [0.15, 0.2) is 52.6 Å². The molecule has 0 unspecified atom stereocenters. The summed E-state index contributed by atoms with van der Waals surface area (Å²) in [4.78, 5) is 13.0. The third-order valence-electron chi connectivity index (χ3n) is 3.91. The van der Waals surface area contributed by atoms with E-state index in [9.17, 15) is 4.79 Å². The summed E-state index contributed by atoms with van der Waals surface area (Å²) in [5.41, 5.74) is 0.869. The van der Waals surface area contributed by atoms with Crippen molar-refractivity contribution in [2.75, 3.05) is 13.6 Å². The summed E-state index contributed by atoms with van der Waals surface area (Å²) in [6.07, 6.45) is 0.893. The van der Waals surface area contributed by atoms with Crippen LogP contribution in [0.1, 0.15) is 17.4 Å². The van der Waals surface area contributed by atoms with Gasteiger partial charge in [0.05, 0.1) is 5.52 Å². The molecule has 1 N–H and O–H groups in total. The third kappa shape index (κ3) is 3.30. The number of aryl methyl sites for hydroxylation is 1. The Labute approximate surface area is 139 Å². The summed E-state index contributed by atoms with van der Waals surface area (Å²) in [5.74, 6) is 0.813. The molecule has 0 aliphatic heterocycles. The van der Waals surface area contributed by atoms with Crippen LogP contribution in [-0.4, -0.2) is 18.2 Å². The molecule has 2 aromatic heterocycles. The molecule has 1 aromatic carbocycles. The fraction of sp³-hybridized carbons (Fsp3) is 0.278. The van der Waals surface area contributed by atoms with Crippen molar-refractivity contribution >= 4 is 22.2 Å². The van der Waals surface area contributed by atoms with E-state index >= 15 is 0 Å². The molecule has 0 aliphatic rings. The van der Waals surface area contributed by atoms with E-state index in [0.717, 1.165) is 29.6 Å². The van der Waals surface area contributed by atoms with Gasteiger partial charge in [-0.15, -0.1) is 11.3 Å². The molecule has 3 aromatic rings. The van der Waals surface area contributed by atoms with Crippen LogP contribution >= 0.6 is 11.3 Å². The van der Waals surface area contributed by atoms with Crippen molar-refractivity contribution in [3.63, 3.8) is 0 Å². The minimum Gasteiger partial charge on any atom is -0.484 e. The summed E-state index contributed by atoms with van der Waals surface area (Å²) in [7, 11) is 3.73.